The van der Waals surface area contributed by atoms with Crippen LogP contribution in [0.1, 0.15) is 51.3 Å². The van der Waals surface area contributed by atoms with E-state index in [-0.39, 0.29) is 6.42 Å². The summed E-state index contributed by atoms with van der Waals surface area (Å²) < 4.78 is 35.3. The van der Waals surface area contributed by atoms with Gasteiger partial charge in [-0.3, -0.25) is 9.54 Å². The molecule has 3 aromatic rings. The first-order chi connectivity index (χ1) is 15.9. The van der Waals surface area contributed by atoms with Crippen LogP contribution < -0.4 is 4.90 Å². The molecule has 33 heavy (non-hydrogen) atoms. The number of hydrogen-bond acceptors (Lipinski definition) is 5. The lowest BCUT2D eigenvalue weighted by Gasteiger charge is -2.38. The van der Waals surface area contributed by atoms with Gasteiger partial charge in [-0.1, -0.05) is 75.7 Å². The van der Waals surface area contributed by atoms with E-state index in [0.717, 1.165) is 69.4 Å². The number of benzene rings is 2. The molecule has 0 saturated heterocycles. The fourth-order valence-corrected chi connectivity index (χ4v) is 6.49. The summed E-state index contributed by atoms with van der Waals surface area (Å²) >= 11 is 1.62. The summed E-state index contributed by atoms with van der Waals surface area (Å²) in [4.78, 5) is 8.77. The molecule has 2 aromatic carbocycles. The summed E-state index contributed by atoms with van der Waals surface area (Å²) in [5.41, 5.74) is 5.56. The number of nitrogens with zero attached hydrogens (tertiary/aromatic N) is 2. The Labute approximate surface area is 201 Å². The summed E-state index contributed by atoms with van der Waals surface area (Å²) in [7, 11) is -4.34. The number of rotatable bonds is 8. The van der Waals surface area contributed by atoms with Gasteiger partial charge in [-0.15, -0.1) is 0 Å². The Morgan fingerprint density at radius 1 is 0.939 bits per heavy atom. The van der Waals surface area contributed by atoms with E-state index in [4.69, 9.17) is 4.98 Å². The fourth-order valence-electron chi connectivity index (χ4n) is 4.48. The Hall–Kier alpha value is -2.35. The summed E-state index contributed by atoms with van der Waals surface area (Å²) in [5.74, 6) is 0. The van der Waals surface area contributed by atoms with Crippen molar-refractivity contribution in [3.8, 4) is 11.3 Å². The highest BCUT2D eigenvalue weighted by atomic mass is 32.2. The molecule has 1 aliphatic heterocycles. The highest BCUT2D eigenvalue weighted by Gasteiger charge is 2.37. The zero-order valence-electron chi connectivity index (χ0n) is 19.3. The van der Waals surface area contributed by atoms with Gasteiger partial charge in [0.05, 0.1) is 17.1 Å². The summed E-state index contributed by atoms with van der Waals surface area (Å²) in [5, 5.41) is -1.09. The predicted octanol–water partition coefficient (Wildman–Crippen LogP) is 6.88. The predicted molar refractivity (Wildman–Crippen MR) is 136 cm³/mol. The quantitative estimate of drug-likeness (QED) is 0.353. The van der Waals surface area contributed by atoms with Gasteiger partial charge in [0.15, 0.2) is 5.37 Å². The maximum atomic E-state index is 12.5. The van der Waals surface area contributed by atoms with Crippen LogP contribution in [-0.4, -0.2) is 23.3 Å². The topological polar surface area (TPSA) is 70.5 Å². The number of para-hydroxylation sites is 2. The van der Waals surface area contributed by atoms with Gasteiger partial charge < -0.3 is 4.90 Å². The minimum atomic E-state index is -4.34. The maximum Gasteiger partial charge on any atom is 0.286 e. The van der Waals surface area contributed by atoms with E-state index in [1.165, 1.54) is 0 Å². The van der Waals surface area contributed by atoms with Crippen LogP contribution in [0.15, 0.2) is 64.4 Å². The van der Waals surface area contributed by atoms with Crippen molar-refractivity contribution in [3.63, 3.8) is 0 Å². The van der Waals surface area contributed by atoms with Crippen molar-refractivity contribution in [2.24, 2.45) is 0 Å². The van der Waals surface area contributed by atoms with E-state index in [1.807, 2.05) is 42.5 Å². The van der Waals surface area contributed by atoms with Crippen LogP contribution in [0.25, 0.3) is 11.3 Å². The van der Waals surface area contributed by atoms with E-state index < -0.39 is 15.5 Å². The molecule has 0 spiro atoms. The molecule has 0 radical (unpaired) electrons. The number of aromatic nitrogens is 1. The standard InChI is InChI=1S/C26H30N2O3S2/c1-4-10-18-16-17-19(11-5-2)27-25(18)20-12-9-15-23-26(20)28(24(6-3)33(29,30)31)21-13-7-8-14-22(21)32-23/h7-9,12-17,24H,4-6,10-11H2,1-3H3,(H,29,30,31). The Morgan fingerprint density at radius 2 is 1.67 bits per heavy atom. The van der Waals surface area contributed by atoms with Crippen LogP contribution in [0.5, 0.6) is 0 Å². The first-order valence-electron chi connectivity index (χ1n) is 11.5. The van der Waals surface area contributed by atoms with E-state index in [1.54, 1.807) is 23.6 Å². The Kier molecular flexibility index (Phi) is 7.12. The number of pyridine rings is 1. The van der Waals surface area contributed by atoms with Gasteiger partial charge in [-0.25, -0.2) is 0 Å². The van der Waals surface area contributed by atoms with Gasteiger partial charge in [-0.2, -0.15) is 8.42 Å². The van der Waals surface area contributed by atoms with Crippen LogP contribution in [0.3, 0.4) is 0 Å². The molecule has 5 nitrogen and oxygen atoms in total. The molecule has 1 aliphatic rings. The van der Waals surface area contributed by atoms with Crippen LogP contribution in [0, 0.1) is 0 Å². The van der Waals surface area contributed by atoms with Gasteiger partial charge in [0.1, 0.15) is 0 Å². The smallest absolute Gasteiger partial charge is 0.286 e. The minimum absolute atomic E-state index is 0.247. The first kappa shape index (κ1) is 23.8. The van der Waals surface area contributed by atoms with E-state index in [0.29, 0.717) is 0 Å². The van der Waals surface area contributed by atoms with Crippen LogP contribution in [0.4, 0.5) is 11.4 Å². The van der Waals surface area contributed by atoms with Crippen molar-refractivity contribution >= 4 is 33.3 Å². The molecule has 2 heterocycles. The molecule has 0 amide bonds. The monoisotopic (exact) mass is 482 g/mol. The minimum Gasteiger partial charge on any atom is -0.319 e. The summed E-state index contributed by atoms with van der Waals surface area (Å²) in [6, 6.07) is 18.1. The molecular formula is C26H30N2O3S2. The van der Waals surface area contributed by atoms with Crippen LogP contribution >= 0.6 is 11.8 Å². The van der Waals surface area contributed by atoms with E-state index in [9.17, 15) is 13.0 Å². The van der Waals surface area contributed by atoms with Crippen molar-refractivity contribution < 1.29 is 13.0 Å². The molecule has 0 saturated carbocycles. The lowest BCUT2D eigenvalue weighted by atomic mass is 9.98. The molecule has 0 aliphatic carbocycles. The average Bonchev–Trinajstić information content (AvgIpc) is 2.79. The summed E-state index contributed by atoms with van der Waals surface area (Å²) in [6.45, 7) is 6.07. The third-order valence-corrected chi connectivity index (χ3v) is 8.23. The number of anilines is 2. The van der Waals surface area contributed by atoms with Gasteiger partial charge in [-0.05, 0) is 49.1 Å². The Bertz CT molecular complexity index is 1260. The highest BCUT2D eigenvalue weighted by molar-refractivity contribution is 7.99. The first-order valence-corrected chi connectivity index (χ1v) is 13.9. The van der Waals surface area contributed by atoms with Gasteiger partial charge >= 0.3 is 0 Å². The largest absolute Gasteiger partial charge is 0.319 e. The molecule has 1 atom stereocenters. The normalized spacial score (nSPS) is 14.0. The molecule has 1 unspecified atom stereocenters. The average molecular weight is 483 g/mol. The van der Waals surface area contributed by atoms with Crippen molar-refractivity contribution in [3.05, 3.63) is 65.9 Å². The zero-order chi connectivity index (χ0) is 23.6. The fraction of sp³-hybridized carbons (Fsp3) is 0.346. The van der Waals surface area contributed by atoms with Crippen LogP contribution in [0.2, 0.25) is 0 Å². The van der Waals surface area contributed by atoms with E-state index >= 15 is 0 Å². The molecule has 4 rings (SSSR count). The molecule has 174 valence electrons. The molecule has 1 aromatic heterocycles. The second-order valence-corrected chi connectivity index (χ2v) is 10.9. The number of aryl methyl sites for hydroxylation is 2. The Morgan fingerprint density at radius 3 is 2.36 bits per heavy atom. The second kappa shape index (κ2) is 9.87. The zero-order valence-corrected chi connectivity index (χ0v) is 20.9. The van der Waals surface area contributed by atoms with Gasteiger partial charge in [0.2, 0.25) is 0 Å². The summed E-state index contributed by atoms with van der Waals surface area (Å²) in [6.07, 6.45) is 4.01. The van der Waals surface area contributed by atoms with Gasteiger partial charge in [0.25, 0.3) is 10.1 Å². The number of fused-ring (bicyclic) bond motifs is 2. The SMILES string of the molecule is CCCc1ccc(CCC)c(-c2cccc3c2N(C(CC)S(=O)(=O)O)c2ccccc2S3)n1. The van der Waals surface area contributed by atoms with Crippen LogP contribution in [-0.2, 0) is 23.0 Å². The number of hydrogen-bond donors (Lipinski definition) is 1. The highest BCUT2D eigenvalue weighted by Crippen LogP contribution is 2.53. The molecule has 0 fully saturated rings. The third kappa shape index (κ3) is 4.67. The Balaban J connectivity index is 2.01. The molecule has 0 bridgehead atoms. The molecule has 1 N–H and O–H groups in total. The van der Waals surface area contributed by atoms with Crippen molar-refractivity contribution in [2.75, 3.05) is 4.90 Å². The van der Waals surface area contributed by atoms with Crippen molar-refractivity contribution in [2.45, 2.75) is 68.0 Å². The lowest BCUT2D eigenvalue weighted by Crippen LogP contribution is -2.39. The molecular weight excluding hydrogens is 452 g/mol. The lowest BCUT2D eigenvalue weighted by molar-refractivity contribution is 0.464. The molecule has 7 heteroatoms. The second-order valence-electron chi connectivity index (χ2n) is 8.28. The van der Waals surface area contributed by atoms with Crippen molar-refractivity contribution in [1.82, 2.24) is 4.98 Å². The maximum absolute atomic E-state index is 12.5. The third-order valence-electron chi connectivity index (χ3n) is 5.88. The van der Waals surface area contributed by atoms with Gasteiger partial charge in [0, 0.05) is 21.0 Å². The van der Waals surface area contributed by atoms with Crippen molar-refractivity contribution in [1.29, 1.82) is 0 Å². The van der Waals surface area contributed by atoms with E-state index in [2.05, 4.69) is 26.0 Å².